The fourth-order valence-corrected chi connectivity index (χ4v) is 5.08. The zero-order chi connectivity index (χ0) is 26.4. The van der Waals surface area contributed by atoms with E-state index in [-0.39, 0.29) is 27.3 Å². The molecule has 188 valence electrons. The Bertz CT molecular complexity index is 1250. The Labute approximate surface area is 219 Å². The van der Waals surface area contributed by atoms with Gasteiger partial charge in [0.15, 0.2) is 0 Å². The first-order valence-electron chi connectivity index (χ1n) is 11.2. The van der Waals surface area contributed by atoms with Gasteiger partial charge in [0, 0.05) is 11.6 Å². The number of amides is 2. The van der Waals surface area contributed by atoms with E-state index in [1.54, 1.807) is 18.2 Å². The molecule has 0 radical (unpaired) electrons. The number of esters is 1. The minimum absolute atomic E-state index is 0.0613. The van der Waals surface area contributed by atoms with Gasteiger partial charge < -0.3 is 20.1 Å². The summed E-state index contributed by atoms with van der Waals surface area (Å²) in [5.41, 5.74) is 3.17. The van der Waals surface area contributed by atoms with Crippen molar-refractivity contribution in [3.05, 3.63) is 68.7 Å². The van der Waals surface area contributed by atoms with Gasteiger partial charge in [-0.15, -0.1) is 0 Å². The largest absolute Gasteiger partial charge is 0.492 e. The lowest BCUT2D eigenvalue weighted by Gasteiger charge is -2.31. The number of para-hydroxylation sites is 1. The molecule has 0 bridgehead atoms. The number of anilines is 1. The van der Waals surface area contributed by atoms with Crippen LogP contribution in [0.15, 0.2) is 47.0 Å². The van der Waals surface area contributed by atoms with Crippen molar-refractivity contribution >= 4 is 46.8 Å². The molecule has 1 heterocycles. The Hall–Kier alpha value is -3.48. The van der Waals surface area contributed by atoms with Gasteiger partial charge in [-0.05, 0) is 49.6 Å². The Morgan fingerprint density at radius 1 is 1.22 bits per heavy atom. The lowest BCUT2D eigenvalue weighted by atomic mass is 9.78. The molecule has 0 saturated heterocycles. The third-order valence-electron chi connectivity index (χ3n) is 5.69. The lowest BCUT2D eigenvalue weighted by molar-refractivity contribution is -0.150. The number of carbonyl (C=O) groups is 3. The average Bonchev–Trinajstić information content (AvgIpc) is 2.85. The first-order chi connectivity index (χ1) is 17.2. The van der Waals surface area contributed by atoms with E-state index in [1.807, 2.05) is 39.0 Å². The molecule has 0 unspecified atom stereocenters. The number of aryl methyl sites for hydroxylation is 2. The zero-order valence-corrected chi connectivity index (χ0v) is 21.9. The van der Waals surface area contributed by atoms with Gasteiger partial charge in [0.25, 0.3) is 0 Å². The smallest absolute Gasteiger partial charge is 0.319 e. The predicted molar refractivity (Wildman–Crippen MR) is 139 cm³/mol. The van der Waals surface area contributed by atoms with Gasteiger partial charge in [0.05, 0.1) is 41.2 Å². The molecule has 2 amide bonds. The van der Waals surface area contributed by atoms with Crippen molar-refractivity contribution in [1.29, 1.82) is 5.26 Å². The highest BCUT2D eigenvalue weighted by atomic mass is 35.5. The minimum atomic E-state index is -1.30. The molecule has 0 aromatic heterocycles. The van der Waals surface area contributed by atoms with Crippen LogP contribution in [0.4, 0.5) is 5.69 Å². The second kappa shape index (κ2) is 12.0. The lowest BCUT2D eigenvalue weighted by Crippen LogP contribution is -2.44. The second-order valence-electron chi connectivity index (χ2n) is 8.05. The van der Waals surface area contributed by atoms with E-state index < -0.39 is 23.7 Å². The number of halogens is 1. The van der Waals surface area contributed by atoms with Gasteiger partial charge in [-0.25, -0.2) is 0 Å². The number of hydrogen-bond donors (Lipinski definition) is 2. The standard InChI is InChI=1S/C26H26ClN3O5S/c1-5-35-19-10-9-16(11-18(19)27)21-17(12-28)25(30-24(32)22(21)26(33)34-4)36-13-20(31)29-23-14(2)7-6-8-15(23)3/h6-11,21-22H,5,13H2,1-4H3,(H,29,31)(H,30,32)/t21-,22+/m1/s1. The van der Waals surface area contributed by atoms with E-state index in [2.05, 4.69) is 16.7 Å². The average molecular weight is 528 g/mol. The summed E-state index contributed by atoms with van der Waals surface area (Å²) in [6.45, 7) is 6.02. The summed E-state index contributed by atoms with van der Waals surface area (Å²) in [7, 11) is 1.18. The van der Waals surface area contributed by atoms with Crippen LogP contribution in [-0.4, -0.2) is 37.3 Å². The van der Waals surface area contributed by atoms with Gasteiger partial charge in [-0.2, -0.15) is 5.26 Å². The maximum absolute atomic E-state index is 13.0. The number of rotatable bonds is 8. The molecule has 1 aliphatic heterocycles. The van der Waals surface area contributed by atoms with Crippen LogP contribution in [0.5, 0.6) is 5.75 Å². The molecular weight excluding hydrogens is 502 g/mol. The van der Waals surface area contributed by atoms with E-state index >= 15 is 0 Å². The third-order valence-corrected chi connectivity index (χ3v) is 7.00. The van der Waals surface area contributed by atoms with Gasteiger partial charge in [-0.1, -0.05) is 47.6 Å². The van der Waals surface area contributed by atoms with Crippen molar-refractivity contribution in [2.75, 3.05) is 24.8 Å². The number of methoxy groups -OCH3 is 1. The summed E-state index contributed by atoms with van der Waals surface area (Å²) in [5.74, 6) is -3.58. The highest BCUT2D eigenvalue weighted by Gasteiger charge is 2.44. The van der Waals surface area contributed by atoms with Gasteiger partial charge in [0.1, 0.15) is 11.7 Å². The van der Waals surface area contributed by atoms with E-state index in [0.717, 1.165) is 28.6 Å². The van der Waals surface area contributed by atoms with Gasteiger partial charge in [-0.3, -0.25) is 14.4 Å². The van der Waals surface area contributed by atoms with Crippen LogP contribution in [0.1, 0.15) is 29.5 Å². The predicted octanol–water partition coefficient (Wildman–Crippen LogP) is 4.47. The Balaban J connectivity index is 1.94. The van der Waals surface area contributed by atoms with Crippen molar-refractivity contribution in [2.45, 2.75) is 26.7 Å². The first-order valence-corrected chi connectivity index (χ1v) is 12.5. The number of hydrogen-bond acceptors (Lipinski definition) is 7. The van der Waals surface area contributed by atoms with E-state index in [0.29, 0.717) is 17.9 Å². The van der Waals surface area contributed by atoms with Crippen LogP contribution in [0.3, 0.4) is 0 Å². The fourth-order valence-electron chi connectivity index (χ4n) is 3.99. The quantitative estimate of drug-likeness (QED) is 0.384. The topological polar surface area (TPSA) is 118 Å². The Morgan fingerprint density at radius 2 is 1.92 bits per heavy atom. The number of allylic oxidation sites excluding steroid dienone is 1. The Kier molecular flexibility index (Phi) is 9.02. The van der Waals surface area contributed by atoms with Crippen molar-refractivity contribution in [1.82, 2.24) is 5.32 Å². The van der Waals surface area contributed by atoms with Crippen LogP contribution in [0.25, 0.3) is 0 Å². The monoisotopic (exact) mass is 527 g/mol. The molecule has 2 atom stereocenters. The number of nitrogens with one attached hydrogen (secondary N) is 2. The molecule has 2 aromatic carbocycles. The maximum Gasteiger partial charge on any atom is 0.319 e. The van der Waals surface area contributed by atoms with Gasteiger partial charge >= 0.3 is 5.97 Å². The number of benzene rings is 2. The molecule has 0 aliphatic carbocycles. The fraction of sp³-hybridized carbons (Fsp3) is 0.308. The van der Waals surface area contributed by atoms with E-state index in [4.69, 9.17) is 21.1 Å². The van der Waals surface area contributed by atoms with Gasteiger partial charge in [0.2, 0.25) is 11.8 Å². The summed E-state index contributed by atoms with van der Waals surface area (Å²) in [6.07, 6.45) is 0. The highest BCUT2D eigenvalue weighted by Crippen LogP contribution is 2.42. The molecule has 1 aliphatic rings. The van der Waals surface area contributed by atoms with Crippen LogP contribution in [0, 0.1) is 31.1 Å². The molecule has 36 heavy (non-hydrogen) atoms. The SMILES string of the molecule is CCOc1ccc([C@@H]2C(C#N)=C(SCC(=O)Nc3c(C)cccc3C)NC(=O)[C@H]2C(=O)OC)cc1Cl. The number of carbonyl (C=O) groups excluding carboxylic acids is 3. The molecule has 2 aromatic rings. The summed E-state index contributed by atoms with van der Waals surface area (Å²) in [4.78, 5) is 38.3. The van der Waals surface area contributed by atoms with Crippen molar-refractivity contribution < 1.29 is 23.9 Å². The van der Waals surface area contributed by atoms with Crippen molar-refractivity contribution in [3.8, 4) is 11.8 Å². The van der Waals surface area contributed by atoms with Crippen LogP contribution >= 0.6 is 23.4 Å². The molecular formula is C26H26ClN3O5S. The maximum atomic E-state index is 13.0. The number of nitrogens with zero attached hydrogens (tertiary/aromatic N) is 1. The summed E-state index contributed by atoms with van der Waals surface area (Å²) >= 11 is 7.37. The summed E-state index contributed by atoms with van der Waals surface area (Å²) in [6, 6.07) is 12.7. The third kappa shape index (κ3) is 5.83. The van der Waals surface area contributed by atoms with Crippen LogP contribution in [0.2, 0.25) is 5.02 Å². The van der Waals surface area contributed by atoms with Crippen molar-refractivity contribution in [2.24, 2.45) is 5.92 Å². The minimum Gasteiger partial charge on any atom is -0.492 e. The Morgan fingerprint density at radius 3 is 2.50 bits per heavy atom. The first kappa shape index (κ1) is 27.1. The van der Waals surface area contributed by atoms with E-state index in [1.165, 1.54) is 7.11 Å². The molecule has 0 saturated carbocycles. The highest BCUT2D eigenvalue weighted by molar-refractivity contribution is 8.03. The normalized spacial score (nSPS) is 17.2. The second-order valence-corrected chi connectivity index (χ2v) is 9.44. The summed E-state index contributed by atoms with van der Waals surface area (Å²) in [5, 5.41) is 16.0. The van der Waals surface area contributed by atoms with Crippen LogP contribution < -0.4 is 15.4 Å². The number of ether oxygens (including phenoxy) is 2. The molecule has 10 heteroatoms. The molecule has 3 rings (SSSR count). The van der Waals surface area contributed by atoms with Crippen molar-refractivity contribution in [3.63, 3.8) is 0 Å². The molecule has 2 N–H and O–H groups in total. The van der Waals surface area contributed by atoms with E-state index in [9.17, 15) is 19.6 Å². The number of thioether (sulfide) groups is 1. The zero-order valence-electron chi connectivity index (χ0n) is 20.3. The molecule has 0 fully saturated rings. The molecule has 0 spiro atoms. The number of nitriles is 1. The summed E-state index contributed by atoms with van der Waals surface area (Å²) < 4.78 is 10.3. The molecule has 8 nitrogen and oxygen atoms in total. The van der Waals surface area contributed by atoms with Crippen LogP contribution in [-0.2, 0) is 19.1 Å².